The van der Waals surface area contributed by atoms with Crippen molar-refractivity contribution in [3.8, 4) is 23.5 Å². The number of aryl methyl sites for hydroxylation is 1. The maximum absolute atomic E-state index is 13.8. The van der Waals surface area contributed by atoms with E-state index in [-0.39, 0.29) is 109 Å². The molecule has 5 aliphatic carbocycles. The summed E-state index contributed by atoms with van der Waals surface area (Å²) in [6.45, 7) is 8.86. The van der Waals surface area contributed by atoms with Gasteiger partial charge in [-0.2, -0.15) is 28.8 Å². The first-order valence-electron chi connectivity index (χ1n) is 41.3. The number of ether oxygens (including phenoxy) is 6. The molecule has 5 fully saturated rings. The van der Waals surface area contributed by atoms with Crippen LogP contribution < -0.4 is 29.4 Å². The highest BCUT2D eigenvalue weighted by molar-refractivity contribution is 7.85. The molecule has 0 spiro atoms. The number of hydrogen-bond acceptors (Lipinski definition) is 21. The van der Waals surface area contributed by atoms with Gasteiger partial charge in [0, 0.05) is 91.4 Å². The molecule has 0 aliphatic heterocycles. The van der Waals surface area contributed by atoms with Gasteiger partial charge in [-0.1, -0.05) is 99.8 Å². The molecule has 1 unspecified atom stereocenters. The van der Waals surface area contributed by atoms with E-state index in [9.17, 15) is 63.0 Å². The minimum atomic E-state index is -3.60. The molecule has 0 radical (unpaired) electrons. The molecule has 14 rings (SSSR count). The minimum Gasteiger partial charge on any atom is -0.565 e. The van der Waals surface area contributed by atoms with Crippen LogP contribution in [0, 0.1) is 76.1 Å². The van der Waals surface area contributed by atoms with Gasteiger partial charge in [-0.05, 0) is 191 Å². The van der Waals surface area contributed by atoms with Crippen molar-refractivity contribution in [2.75, 3.05) is 19.5 Å². The number of aromatic nitrogens is 10. The number of aliphatic hydroxyl groups excluding tert-OH is 1. The van der Waals surface area contributed by atoms with E-state index >= 15 is 0 Å². The molecule has 27 nitrogen and oxygen atoms in total. The van der Waals surface area contributed by atoms with Gasteiger partial charge in [0.05, 0.1) is 43.2 Å². The number of benzene rings is 4. The average molecular weight is 1810 g/mol. The fourth-order valence-corrected chi connectivity index (χ4v) is 15.4. The monoisotopic (exact) mass is 1800 g/mol. The summed E-state index contributed by atoms with van der Waals surface area (Å²) in [4.78, 5) is 44.0. The van der Waals surface area contributed by atoms with Crippen LogP contribution in [0.1, 0.15) is 240 Å². The molecule has 0 amide bonds. The fraction of sp³-hybridized carbons (Fsp3) is 0.534. The second-order valence-corrected chi connectivity index (χ2v) is 32.9. The largest absolute Gasteiger partial charge is 0.565 e. The maximum Gasteiger partial charge on any atom is 0.521 e. The number of rotatable bonds is 33. The summed E-state index contributed by atoms with van der Waals surface area (Å²) in [5.74, 6) is -0.562. The van der Waals surface area contributed by atoms with E-state index in [1.165, 1.54) is 113 Å². The number of esters is 2. The summed E-state index contributed by atoms with van der Waals surface area (Å²) in [6.07, 6.45) is 26.5. The Morgan fingerprint density at radius 2 is 0.784 bits per heavy atom. The second kappa shape index (κ2) is 52.9. The van der Waals surface area contributed by atoms with Gasteiger partial charge >= 0.3 is 20.2 Å². The van der Waals surface area contributed by atoms with Crippen LogP contribution in [0.2, 0.25) is 0 Å². The molecule has 0 bridgehead atoms. The van der Waals surface area contributed by atoms with Crippen LogP contribution in [-0.2, 0) is 112 Å². The predicted molar refractivity (Wildman–Crippen MR) is 452 cm³/mol. The number of nitrogens with zero attached hydrogens (tertiary/aromatic N) is 9. The Hall–Kier alpha value is -9.84. The van der Waals surface area contributed by atoms with Crippen molar-refractivity contribution in [2.45, 2.75) is 257 Å². The SMILES string of the molecule is C.C.C.CCCc1cc(OCc2cc(F)ccc2F)n(CC2CCCC2)n1.CCOC(=O)c1cc(=O)n(CC2CCCC2)[nH]1.CCOC(=O)c1cc(OCc2cc(F)ccc2F)n(CC2CCCC2)n1.CS(=O)(=O)OCc1cc(OCc2cc(F)ccc2F)n(CC2CCCC2)n1.O=[P+]([O-])OO.OCc1cc(OCc2cc(F)ccc2F)n(CC2CCCC2)n1.[HH]. The maximum atomic E-state index is 13.8. The molecule has 5 aromatic heterocycles. The third kappa shape index (κ3) is 34.5. The Bertz CT molecular complexity index is 4980. The molecular formula is C88H121F8N10O17PS. The number of carbonyl (C=O) groups excluding carboxylic acids is 2. The van der Waals surface area contributed by atoms with Crippen molar-refractivity contribution in [3.63, 3.8) is 0 Å². The minimum absolute atomic E-state index is 0. The van der Waals surface area contributed by atoms with Crippen molar-refractivity contribution in [2.24, 2.45) is 29.6 Å². The number of aliphatic hydroxyl groups is 1. The van der Waals surface area contributed by atoms with Gasteiger partial charge in [0.15, 0.2) is 5.69 Å². The molecule has 4 aromatic carbocycles. The summed E-state index contributed by atoms with van der Waals surface area (Å²) in [7, 11) is -6.64. The lowest BCUT2D eigenvalue weighted by atomic mass is 10.1. The van der Waals surface area contributed by atoms with E-state index in [1.54, 1.807) is 40.0 Å². The van der Waals surface area contributed by atoms with Crippen molar-refractivity contribution in [3.05, 3.63) is 211 Å². The molecule has 37 heteroatoms. The second-order valence-electron chi connectivity index (χ2n) is 30.6. The molecule has 5 aliphatic rings. The van der Waals surface area contributed by atoms with Crippen LogP contribution in [0.5, 0.6) is 23.5 Å². The van der Waals surface area contributed by atoms with Crippen LogP contribution in [0.3, 0.4) is 0 Å². The van der Waals surface area contributed by atoms with Gasteiger partial charge in [-0.15, -0.1) is 0 Å². The van der Waals surface area contributed by atoms with Crippen LogP contribution in [0.4, 0.5) is 35.1 Å². The molecule has 9 aromatic rings. The van der Waals surface area contributed by atoms with Crippen molar-refractivity contribution >= 4 is 30.3 Å². The standard InChI is InChI=1S/C19H22F2N2O3.C19H24F2N2O.C18H22F2N2O4S.C17H20F2N2O2.C12H18N2O3.3CH4.HO4P.H2/c1-2-25-19(24)17-10-18(23(22-17)11-13-5-3-4-6-13)26-12-14-9-15(20)7-8-16(14)21;1-2-5-17-11-19(23(22-17)12-14-6-3-4-7-14)24-13-15-10-16(20)8-9-18(15)21;1-27(23,24)26-12-16-9-18(22(21-16)10-13-4-2-3-5-13)25-11-14-8-15(19)6-7-17(14)20;18-14-5-6-16(19)13(7-14)11-23-17-8-15(10-22)20-21(17)9-12-3-1-2-4-12;1-2-17-12(16)10-7-11(15)14(13-10)8-9-5-3-4-6-9;;;;1-4-5(2)3;/h7-10,13H,2-6,11-12H2,1H3;8-11,14H,2-7,12-13H2,1H3;6-9,13H,2-5,10-12H2,1H3;5-8,12,22H,1-4,9-11H2;7,9,13H,2-6,8H2,1H3;3*1H4;1H;1H. The Labute approximate surface area is 727 Å². The van der Waals surface area contributed by atoms with Crippen LogP contribution in [0.25, 0.3) is 0 Å². The first-order valence-corrected chi connectivity index (χ1v) is 44.2. The zero-order valence-electron chi connectivity index (χ0n) is 68.9. The lowest BCUT2D eigenvalue weighted by Crippen LogP contribution is -2.20. The van der Waals surface area contributed by atoms with Crippen LogP contribution in [0.15, 0.2) is 108 Å². The van der Waals surface area contributed by atoms with E-state index in [4.69, 9.17) is 47.3 Å². The van der Waals surface area contributed by atoms with Crippen LogP contribution >= 0.6 is 8.25 Å². The van der Waals surface area contributed by atoms with E-state index in [1.807, 2.05) is 10.7 Å². The lowest BCUT2D eigenvalue weighted by molar-refractivity contribution is -0.244. The average Bonchev–Trinajstić information content (AvgIpc) is 1.68. The highest BCUT2D eigenvalue weighted by Gasteiger charge is 2.27. The molecule has 125 heavy (non-hydrogen) atoms. The topological polar surface area (TPSA) is 332 Å². The van der Waals surface area contributed by atoms with Gasteiger partial charge in [-0.25, -0.2) is 68.7 Å². The number of halogens is 8. The van der Waals surface area contributed by atoms with E-state index in [2.05, 4.69) is 37.1 Å². The summed E-state index contributed by atoms with van der Waals surface area (Å²) >= 11 is 0. The quantitative estimate of drug-likeness (QED) is 0.00859. The van der Waals surface area contributed by atoms with E-state index < -0.39 is 76.8 Å². The lowest BCUT2D eigenvalue weighted by Gasteiger charge is -2.13. The van der Waals surface area contributed by atoms with E-state index in [0.29, 0.717) is 90.7 Å². The first kappa shape index (κ1) is 104. The van der Waals surface area contributed by atoms with Crippen molar-refractivity contribution < 1.29 is 112 Å². The number of hydrogen-bond donors (Lipinski definition) is 3. The normalized spacial score (nSPS) is 14.7. The molecule has 5 saturated carbocycles. The van der Waals surface area contributed by atoms with Crippen molar-refractivity contribution in [1.29, 1.82) is 0 Å². The third-order valence-corrected chi connectivity index (χ3v) is 21.8. The smallest absolute Gasteiger partial charge is 0.521 e. The zero-order chi connectivity index (χ0) is 87.7. The van der Waals surface area contributed by atoms with Gasteiger partial charge in [-0.3, -0.25) is 18.8 Å². The molecule has 0 saturated heterocycles. The fourth-order valence-electron chi connectivity index (χ4n) is 15.0. The van der Waals surface area contributed by atoms with Gasteiger partial charge in [0.2, 0.25) is 23.5 Å². The highest BCUT2D eigenvalue weighted by Crippen LogP contribution is 2.34. The molecule has 3 N–H and O–H groups in total. The number of H-pyrrole nitrogens is 1. The van der Waals surface area contributed by atoms with E-state index in [0.717, 1.165) is 143 Å². The van der Waals surface area contributed by atoms with Crippen molar-refractivity contribution in [1.82, 2.24) is 48.9 Å². The van der Waals surface area contributed by atoms with Gasteiger partial charge < -0.3 is 38.4 Å². The third-order valence-electron chi connectivity index (χ3n) is 21.1. The number of carbonyl (C=O) groups is 2. The summed E-state index contributed by atoms with van der Waals surface area (Å²) in [5.41, 5.74) is 2.73. The predicted octanol–water partition coefficient (Wildman–Crippen LogP) is 19.0. The molecular weight excluding hydrogens is 1680 g/mol. The molecule has 692 valence electrons. The molecule has 5 heterocycles. The summed E-state index contributed by atoms with van der Waals surface area (Å²) in [5, 5.41) is 36.7. The van der Waals surface area contributed by atoms with Crippen LogP contribution in [-0.4, -0.2) is 99.1 Å². The zero-order valence-corrected chi connectivity index (χ0v) is 70.6. The Balaban J connectivity index is 0.000000275. The Kier molecular flexibility index (Phi) is 44.0. The number of aromatic amines is 1. The first-order chi connectivity index (χ1) is 58.6. The number of nitrogens with one attached hydrogen (secondary N) is 1. The Morgan fingerprint density at radius 1 is 0.472 bits per heavy atom. The summed E-state index contributed by atoms with van der Waals surface area (Å²) in [6, 6.07) is 21.1. The highest BCUT2D eigenvalue weighted by atomic mass is 32.2. The summed E-state index contributed by atoms with van der Waals surface area (Å²) < 4.78 is 188. The van der Waals surface area contributed by atoms with Gasteiger partial charge in [0.25, 0.3) is 15.7 Å². The van der Waals surface area contributed by atoms with Gasteiger partial charge in [0.1, 0.15) is 85.3 Å². The Morgan fingerprint density at radius 3 is 1.12 bits per heavy atom. The molecule has 1 atom stereocenters.